The molecule has 4 rings (SSSR count). The van der Waals surface area contributed by atoms with Crippen molar-refractivity contribution < 1.29 is 5.11 Å². The van der Waals surface area contributed by atoms with E-state index >= 15 is 0 Å². The summed E-state index contributed by atoms with van der Waals surface area (Å²) < 4.78 is 1.64. The maximum Gasteiger partial charge on any atom is 0.293 e. The molecule has 0 atom stereocenters. The van der Waals surface area contributed by atoms with Crippen LogP contribution in [0, 0.1) is 11.3 Å². The highest BCUT2D eigenvalue weighted by molar-refractivity contribution is 5.79. The minimum atomic E-state index is -0.158. The van der Waals surface area contributed by atoms with Crippen LogP contribution in [0.5, 0.6) is 0 Å². The Kier molecular flexibility index (Phi) is 5.85. The number of piperidine rings is 1. The van der Waals surface area contributed by atoms with Crippen LogP contribution in [0.1, 0.15) is 24.0 Å². The van der Waals surface area contributed by atoms with E-state index in [0.717, 1.165) is 29.5 Å². The van der Waals surface area contributed by atoms with Crippen LogP contribution in [0.4, 0.5) is 5.82 Å². The van der Waals surface area contributed by atoms with Crippen molar-refractivity contribution in [2.24, 2.45) is 12.8 Å². The molecule has 0 radical (unpaired) electrons. The van der Waals surface area contributed by atoms with Gasteiger partial charge in [-0.2, -0.15) is 5.26 Å². The van der Waals surface area contributed by atoms with Crippen LogP contribution in [0.25, 0.3) is 22.5 Å². The molecule has 0 unspecified atom stereocenters. The molecule has 158 valence electrons. The van der Waals surface area contributed by atoms with Crippen LogP contribution in [0.2, 0.25) is 0 Å². The molecule has 7 heteroatoms. The third kappa shape index (κ3) is 4.08. The topological polar surface area (TPSA) is 108 Å². The molecule has 1 saturated heterocycles. The first kappa shape index (κ1) is 20.8. The number of hydrogen-bond acceptors (Lipinski definition) is 6. The molecule has 0 amide bonds. The molecule has 1 aromatic heterocycles. The molecule has 3 aromatic rings. The SMILES string of the molecule is Cn1c(-c2ccc(CO)cc2)c(-c2ccc(C#N)cc2)nc(N2CCC(N)CC2)c1=O. The van der Waals surface area contributed by atoms with Crippen LogP contribution < -0.4 is 16.2 Å². The van der Waals surface area contributed by atoms with Gasteiger partial charge in [-0.15, -0.1) is 0 Å². The Hall–Kier alpha value is -3.47. The van der Waals surface area contributed by atoms with E-state index in [-0.39, 0.29) is 18.2 Å². The van der Waals surface area contributed by atoms with Crippen molar-refractivity contribution in [1.29, 1.82) is 5.26 Å². The normalized spacial score (nSPS) is 14.5. The van der Waals surface area contributed by atoms with Gasteiger partial charge in [0.15, 0.2) is 5.82 Å². The second kappa shape index (κ2) is 8.72. The van der Waals surface area contributed by atoms with Gasteiger partial charge >= 0.3 is 0 Å². The van der Waals surface area contributed by atoms with E-state index in [0.29, 0.717) is 35.9 Å². The number of rotatable bonds is 4. The number of aromatic nitrogens is 2. The Balaban J connectivity index is 1.90. The van der Waals surface area contributed by atoms with Crippen molar-refractivity contribution >= 4 is 5.82 Å². The van der Waals surface area contributed by atoms with Gasteiger partial charge in [-0.25, -0.2) is 4.98 Å². The number of nitrogens with zero attached hydrogens (tertiary/aromatic N) is 4. The van der Waals surface area contributed by atoms with Crippen molar-refractivity contribution in [3.63, 3.8) is 0 Å². The Morgan fingerprint density at radius 2 is 1.71 bits per heavy atom. The first-order chi connectivity index (χ1) is 15.0. The summed E-state index contributed by atoms with van der Waals surface area (Å²) in [6.07, 6.45) is 1.64. The van der Waals surface area contributed by atoms with Crippen molar-refractivity contribution in [1.82, 2.24) is 9.55 Å². The Morgan fingerprint density at radius 1 is 1.10 bits per heavy atom. The van der Waals surface area contributed by atoms with Crippen molar-refractivity contribution in [2.75, 3.05) is 18.0 Å². The summed E-state index contributed by atoms with van der Waals surface area (Å²) in [5.41, 5.74) is 10.3. The third-order valence-corrected chi connectivity index (χ3v) is 5.81. The first-order valence-corrected chi connectivity index (χ1v) is 10.3. The summed E-state index contributed by atoms with van der Waals surface area (Å²) >= 11 is 0. The van der Waals surface area contributed by atoms with Crippen LogP contribution >= 0.6 is 0 Å². The van der Waals surface area contributed by atoms with E-state index in [1.807, 2.05) is 41.3 Å². The van der Waals surface area contributed by atoms with E-state index in [1.54, 1.807) is 23.7 Å². The first-order valence-electron chi connectivity index (χ1n) is 10.3. The molecule has 0 saturated carbocycles. The number of aliphatic hydroxyl groups is 1. The fourth-order valence-electron chi connectivity index (χ4n) is 3.94. The maximum atomic E-state index is 13.3. The molecule has 31 heavy (non-hydrogen) atoms. The van der Waals surface area contributed by atoms with Crippen molar-refractivity contribution in [3.8, 4) is 28.6 Å². The molecule has 0 aliphatic carbocycles. The average molecular weight is 415 g/mol. The molecule has 2 aromatic carbocycles. The fourth-order valence-corrected chi connectivity index (χ4v) is 3.94. The van der Waals surface area contributed by atoms with Gasteiger partial charge in [0.2, 0.25) is 0 Å². The zero-order valence-corrected chi connectivity index (χ0v) is 17.5. The fraction of sp³-hybridized carbons (Fsp3) is 0.292. The lowest BCUT2D eigenvalue weighted by Gasteiger charge is -2.31. The van der Waals surface area contributed by atoms with Gasteiger partial charge in [-0.05, 0) is 30.5 Å². The van der Waals surface area contributed by atoms with Crippen LogP contribution in [0.3, 0.4) is 0 Å². The van der Waals surface area contributed by atoms with E-state index in [2.05, 4.69) is 6.07 Å². The van der Waals surface area contributed by atoms with Crippen LogP contribution in [-0.2, 0) is 13.7 Å². The largest absolute Gasteiger partial charge is 0.392 e. The molecular formula is C24H25N5O2. The molecule has 2 heterocycles. The predicted molar refractivity (Wildman–Crippen MR) is 120 cm³/mol. The molecule has 0 spiro atoms. The van der Waals surface area contributed by atoms with E-state index < -0.39 is 0 Å². The number of nitriles is 1. The van der Waals surface area contributed by atoms with Crippen molar-refractivity contribution in [3.05, 3.63) is 70.0 Å². The van der Waals surface area contributed by atoms with E-state index in [9.17, 15) is 9.90 Å². The van der Waals surface area contributed by atoms with Gasteiger partial charge in [0.1, 0.15) is 0 Å². The highest BCUT2D eigenvalue weighted by Crippen LogP contribution is 2.31. The number of nitrogens with two attached hydrogens (primary N) is 1. The molecule has 3 N–H and O–H groups in total. The summed E-state index contributed by atoms with van der Waals surface area (Å²) in [6.45, 7) is 1.34. The summed E-state index contributed by atoms with van der Waals surface area (Å²) in [5.74, 6) is 0.421. The van der Waals surface area contributed by atoms with Crippen molar-refractivity contribution in [2.45, 2.75) is 25.5 Å². The zero-order valence-electron chi connectivity index (χ0n) is 17.5. The molecule has 1 aliphatic rings. The lowest BCUT2D eigenvalue weighted by atomic mass is 10.0. The number of anilines is 1. The van der Waals surface area contributed by atoms with Gasteiger partial charge in [0.25, 0.3) is 5.56 Å². The van der Waals surface area contributed by atoms with E-state index in [4.69, 9.17) is 16.0 Å². The van der Waals surface area contributed by atoms with Gasteiger partial charge < -0.3 is 20.3 Å². The average Bonchev–Trinajstić information content (AvgIpc) is 2.81. The maximum absolute atomic E-state index is 13.3. The Bertz CT molecular complexity index is 1170. The van der Waals surface area contributed by atoms with Gasteiger partial charge in [-0.1, -0.05) is 36.4 Å². The second-order valence-corrected chi connectivity index (χ2v) is 7.87. The second-order valence-electron chi connectivity index (χ2n) is 7.87. The van der Waals surface area contributed by atoms with Crippen LogP contribution in [-0.4, -0.2) is 33.8 Å². The standard InChI is InChI=1S/C24H25N5O2/c1-28-22(19-8-4-17(15-30)5-9-19)21(18-6-2-16(14-25)3-7-18)27-23(24(28)31)29-12-10-20(26)11-13-29/h2-9,20,30H,10-13,15,26H2,1H3. The van der Waals surface area contributed by atoms with Gasteiger partial charge in [0, 0.05) is 37.3 Å². The highest BCUT2D eigenvalue weighted by atomic mass is 16.3. The third-order valence-electron chi connectivity index (χ3n) is 5.81. The smallest absolute Gasteiger partial charge is 0.293 e. The molecule has 1 aliphatic heterocycles. The van der Waals surface area contributed by atoms with Crippen LogP contribution in [0.15, 0.2) is 53.3 Å². The zero-order chi connectivity index (χ0) is 22.0. The van der Waals surface area contributed by atoms with Gasteiger partial charge in [0.05, 0.1) is 29.6 Å². The van der Waals surface area contributed by atoms with E-state index in [1.165, 1.54) is 0 Å². The predicted octanol–water partition coefficient (Wildman–Crippen LogP) is 2.41. The summed E-state index contributed by atoms with van der Waals surface area (Å²) in [5, 5.41) is 18.5. The summed E-state index contributed by atoms with van der Waals surface area (Å²) in [4.78, 5) is 20.2. The quantitative estimate of drug-likeness (QED) is 0.677. The number of hydrogen-bond donors (Lipinski definition) is 2. The number of benzene rings is 2. The number of aliphatic hydroxyl groups excluding tert-OH is 1. The molecule has 7 nitrogen and oxygen atoms in total. The minimum Gasteiger partial charge on any atom is -0.392 e. The molecule has 1 fully saturated rings. The Labute approximate surface area is 181 Å². The highest BCUT2D eigenvalue weighted by Gasteiger charge is 2.24. The minimum absolute atomic E-state index is 0.0457. The summed E-state index contributed by atoms with van der Waals surface area (Å²) in [7, 11) is 1.76. The monoisotopic (exact) mass is 415 g/mol. The lowest BCUT2D eigenvalue weighted by molar-refractivity contribution is 0.282. The Morgan fingerprint density at radius 3 is 2.29 bits per heavy atom. The molecule has 0 bridgehead atoms. The van der Waals surface area contributed by atoms with Gasteiger partial charge in [-0.3, -0.25) is 4.79 Å². The summed E-state index contributed by atoms with van der Waals surface area (Å²) in [6, 6.07) is 16.9. The lowest BCUT2D eigenvalue weighted by Crippen LogP contribution is -2.43. The molecular weight excluding hydrogens is 390 g/mol.